The van der Waals surface area contributed by atoms with Crippen molar-refractivity contribution in [2.75, 3.05) is 0 Å². The Morgan fingerprint density at radius 2 is 2.10 bits per heavy atom. The summed E-state index contributed by atoms with van der Waals surface area (Å²) < 4.78 is 34.9. The van der Waals surface area contributed by atoms with E-state index in [1.165, 1.54) is 0 Å². The van der Waals surface area contributed by atoms with E-state index < -0.39 is 12.0 Å². The van der Waals surface area contributed by atoms with Gasteiger partial charge in [0.15, 0.2) is 6.34 Å². The van der Waals surface area contributed by atoms with Crippen LogP contribution in [0.5, 0.6) is 0 Å². The average Bonchev–Trinajstić information content (AvgIpc) is 2.11. The number of quaternary nitrogens is 1. The van der Waals surface area contributed by atoms with Crippen LogP contribution in [0.15, 0.2) is 10.1 Å². The smallest absolute Gasteiger partial charge is 0.295 e. The molecule has 0 saturated heterocycles. The molecule has 0 amide bonds. The summed E-state index contributed by atoms with van der Waals surface area (Å²) in [5.74, 6) is -1.13. The van der Waals surface area contributed by atoms with Crippen molar-refractivity contribution in [1.82, 2.24) is 0 Å². The third-order valence-corrected chi connectivity index (χ3v) is 0.839. The summed E-state index contributed by atoms with van der Waals surface area (Å²) in [6, 6.07) is 0. The van der Waals surface area contributed by atoms with E-state index in [1.807, 2.05) is 0 Å². The highest BCUT2D eigenvalue weighted by Crippen LogP contribution is 2.17. The van der Waals surface area contributed by atoms with Crippen LogP contribution >= 0.6 is 0 Å². The van der Waals surface area contributed by atoms with Crippen LogP contribution in [0, 0.1) is 7.05 Å². The molecule has 1 unspecified atom stereocenters. The molecule has 1 aliphatic rings. The Morgan fingerprint density at radius 3 is 2.30 bits per heavy atom. The second-order valence-corrected chi connectivity index (χ2v) is 1.68. The van der Waals surface area contributed by atoms with E-state index in [4.69, 9.17) is 0 Å². The average molecular weight is 151 g/mol. The van der Waals surface area contributed by atoms with E-state index in [2.05, 4.69) is 17.1 Å². The van der Waals surface area contributed by atoms with Gasteiger partial charge in [0, 0.05) is 0 Å². The monoisotopic (exact) mass is 151 g/mol. The third-order valence-electron chi connectivity index (χ3n) is 0.839. The van der Waals surface area contributed by atoms with Crippen LogP contribution in [0.2, 0.25) is 0 Å². The quantitative estimate of drug-likeness (QED) is 0.456. The fraction of sp³-hybridized carbons (Fsp3) is 0.250. The molecule has 0 aromatic carbocycles. The Hall–Kier alpha value is -0.910. The maximum absolute atomic E-state index is 11.6. The molecule has 0 radical (unpaired) electrons. The van der Waals surface area contributed by atoms with Crippen molar-refractivity contribution in [3.8, 4) is 0 Å². The lowest BCUT2D eigenvalue weighted by Crippen LogP contribution is -2.99. The van der Waals surface area contributed by atoms with E-state index in [0.29, 0.717) is 0 Å². The Balaban J connectivity index is 2.78. The molecular formula is C4H4F3N3. The summed E-state index contributed by atoms with van der Waals surface area (Å²) in [6.07, 6.45) is -3.47. The first-order valence-corrected chi connectivity index (χ1v) is 2.39. The van der Waals surface area contributed by atoms with Gasteiger partial charge < -0.3 is 0 Å². The molecule has 0 bridgehead atoms. The van der Waals surface area contributed by atoms with Crippen molar-refractivity contribution < 1.29 is 18.2 Å². The van der Waals surface area contributed by atoms with E-state index in [-0.39, 0.29) is 5.01 Å². The SMILES string of the molecule is [CH2-][NH+]1C=NC(C(F)(F)F)=N1. The lowest BCUT2D eigenvalue weighted by atomic mass is 10.6. The Labute approximate surface area is 54.8 Å². The van der Waals surface area contributed by atoms with Crippen LogP contribution < -0.4 is 5.01 Å². The molecule has 1 N–H and O–H groups in total. The van der Waals surface area contributed by atoms with Gasteiger partial charge in [-0.15, -0.1) is 7.05 Å². The number of aliphatic imine (C=N–C) groups is 1. The summed E-state index contributed by atoms with van der Waals surface area (Å²) in [5.41, 5.74) is 0. The number of nitrogens with zero attached hydrogens (tertiary/aromatic N) is 2. The zero-order valence-corrected chi connectivity index (χ0v) is 4.81. The lowest BCUT2D eigenvalue weighted by molar-refractivity contribution is -0.750. The molecule has 0 aromatic rings. The Kier molecular flexibility index (Phi) is 1.47. The minimum Gasteiger partial charge on any atom is -0.295 e. The maximum Gasteiger partial charge on any atom is 0.457 e. The van der Waals surface area contributed by atoms with Gasteiger partial charge in [0.05, 0.1) is 0 Å². The molecule has 1 aliphatic heterocycles. The second-order valence-electron chi connectivity index (χ2n) is 1.68. The maximum atomic E-state index is 11.6. The van der Waals surface area contributed by atoms with Crippen LogP contribution in [0.4, 0.5) is 13.2 Å². The van der Waals surface area contributed by atoms with Crippen molar-refractivity contribution in [1.29, 1.82) is 0 Å². The largest absolute Gasteiger partial charge is 0.457 e. The molecule has 0 saturated carbocycles. The van der Waals surface area contributed by atoms with Crippen molar-refractivity contribution in [2.24, 2.45) is 10.1 Å². The van der Waals surface area contributed by atoms with Crippen LogP contribution in [0.3, 0.4) is 0 Å². The third kappa shape index (κ3) is 1.32. The first-order valence-electron chi connectivity index (χ1n) is 2.39. The van der Waals surface area contributed by atoms with Gasteiger partial charge in [-0.2, -0.15) is 18.2 Å². The van der Waals surface area contributed by atoms with Gasteiger partial charge in [-0.05, 0) is 0 Å². The summed E-state index contributed by atoms with van der Waals surface area (Å²) in [6.45, 7) is 0. The highest BCUT2D eigenvalue weighted by Gasteiger charge is 2.39. The number of nitrogens with one attached hydrogen (secondary N) is 1. The zero-order valence-electron chi connectivity index (χ0n) is 4.81. The normalized spacial score (nSPS) is 25.2. The molecule has 3 nitrogen and oxygen atoms in total. The van der Waals surface area contributed by atoms with Gasteiger partial charge in [-0.3, -0.25) is 5.01 Å². The van der Waals surface area contributed by atoms with Crippen molar-refractivity contribution in [2.45, 2.75) is 6.18 Å². The molecule has 0 aromatic heterocycles. The minimum absolute atomic E-state index is 0.0346. The van der Waals surface area contributed by atoms with Crippen LogP contribution in [0.1, 0.15) is 0 Å². The second kappa shape index (κ2) is 2.05. The predicted molar refractivity (Wildman–Crippen MR) is 28.3 cm³/mol. The molecule has 1 rings (SSSR count). The summed E-state index contributed by atoms with van der Waals surface area (Å²) in [4.78, 5) is 2.99. The highest BCUT2D eigenvalue weighted by atomic mass is 19.4. The minimum atomic E-state index is -4.45. The number of hydrogen-bond donors (Lipinski definition) is 1. The number of alkyl halides is 3. The van der Waals surface area contributed by atoms with Crippen molar-refractivity contribution >= 4 is 12.2 Å². The van der Waals surface area contributed by atoms with Crippen LogP contribution in [-0.4, -0.2) is 18.4 Å². The topological polar surface area (TPSA) is 29.2 Å². The summed E-state index contributed by atoms with van der Waals surface area (Å²) >= 11 is 0. The fourth-order valence-electron chi connectivity index (χ4n) is 0.466. The molecule has 1 atom stereocenters. The number of rotatable bonds is 0. The molecule has 6 heteroatoms. The number of halogens is 3. The zero-order chi connectivity index (χ0) is 7.78. The predicted octanol–water partition coefficient (Wildman–Crippen LogP) is -0.419. The lowest BCUT2D eigenvalue weighted by Gasteiger charge is -2.00. The molecule has 0 spiro atoms. The van der Waals surface area contributed by atoms with Gasteiger partial charge in [-0.1, -0.05) is 5.10 Å². The number of amidine groups is 1. The first kappa shape index (κ1) is 7.20. The van der Waals surface area contributed by atoms with Gasteiger partial charge in [0.1, 0.15) is 0 Å². The van der Waals surface area contributed by atoms with Gasteiger partial charge in [-0.25, -0.2) is 0 Å². The molecule has 0 aliphatic carbocycles. The van der Waals surface area contributed by atoms with Crippen LogP contribution in [-0.2, 0) is 0 Å². The van der Waals surface area contributed by atoms with Gasteiger partial charge >= 0.3 is 6.18 Å². The Bertz CT molecular complexity index is 192. The van der Waals surface area contributed by atoms with E-state index in [1.54, 1.807) is 0 Å². The van der Waals surface area contributed by atoms with Gasteiger partial charge in [0.25, 0.3) is 5.84 Å². The highest BCUT2D eigenvalue weighted by molar-refractivity contribution is 5.93. The first-order chi connectivity index (χ1) is 4.50. The van der Waals surface area contributed by atoms with Gasteiger partial charge in [0.2, 0.25) is 0 Å². The molecular weight excluding hydrogens is 147 g/mol. The van der Waals surface area contributed by atoms with Crippen LogP contribution in [0.25, 0.3) is 0 Å². The van der Waals surface area contributed by atoms with Crippen molar-refractivity contribution in [3.63, 3.8) is 0 Å². The molecule has 10 heavy (non-hydrogen) atoms. The number of hydrogen-bond acceptors (Lipinski definition) is 2. The Morgan fingerprint density at radius 1 is 1.50 bits per heavy atom. The van der Waals surface area contributed by atoms with E-state index in [0.717, 1.165) is 6.34 Å². The van der Waals surface area contributed by atoms with E-state index >= 15 is 0 Å². The fourth-order valence-corrected chi connectivity index (χ4v) is 0.466. The molecule has 56 valence electrons. The summed E-state index contributed by atoms with van der Waals surface area (Å²) in [7, 11) is 3.18. The van der Waals surface area contributed by atoms with Crippen molar-refractivity contribution in [3.05, 3.63) is 7.05 Å². The standard InChI is InChI=1S/C4H4F3N3/c1-10-2-8-3(9-10)4(5,6)7/h2,10H,1H2. The molecule has 1 heterocycles. The van der Waals surface area contributed by atoms with E-state index in [9.17, 15) is 13.2 Å². The summed E-state index contributed by atoms with van der Waals surface area (Å²) in [5, 5.41) is 3.07. The molecule has 0 fully saturated rings.